The number of para-hydroxylation sites is 1. The second-order valence-corrected chi connectivity index (χ2v) is 4.90. The molecule has 3 aromatic rings. The fourth-order valence-corrected chi connectivity index (χ4v) is 2.21. The predicted octanol–water partition coefficient (Wildman–Crippen LogP) is 2.98. The van der Waals surface area contributed by atoms with Gasteiger partial charge in [-0.2, -0.15) is 0 Å². The molecular weight excluding hydrogens is 292 g/mol. The molecule has 2 aromatic carbocycles. The molecule has 0 aliphatic heterocycles. The van der Waals surface area contributed by atoms with Gasteiger partial charge in [-0.25, -0.2) is 4.79 Å². The molecule has 6 nitrogen and oxygen atoms in total. The van der Waals surface area contributed by atoms with Gasteiger partial charge in [0.05, 0.1) is 11.2 Å². The van der Waals surface area contributed by atoms with Gasteiger partial charge in [0.25, 0.3) is 0 Å². The Hall–Kier alpha value is -3.41. The topological polar surface area (TPSA) is 97.1 Å². The zero-order chi connectivity index (χ0) is 16.2. The van der Waals surface area contributed by atoms with Crippen molar-refractivity contribution in [3.63, 3.8) is 0 Å². The molecule has 0 aliphatic carbocycles. The number of aromatic nitrogens is 1. The summed E-state index contributed by atoms with van der Waals surface area (Å²) in [5, 5.41) is 6.34. The Morgan fingerprint density at radius 2 is 1.65 bits per heavy atom. The molecule has 0 atom stereocenters. The maximum atomic E-state index is 12.1. The van der Waals surface area contributed by atoms with Crippen LogP contribution in [0.1, 0.15) is 10.4 Å². The molecule has 0 aliphatic rings. The number of nitrogens with zero attached hydrogens (tertiary/aromatic N) is 1. The van der Waals surface area contributed by atoms with Gasteiger partial charge >= 0.3 is 6.03 Å². The van der Waals surface area contributed by atoms with Crippen molar-refractivity contribution in [1.29, 1.82) is 0 Å². The standard InChI is InChI=1S/C17H14N4O2/c18-16(22)11-5-7-12(8-6-11)20-17(23)21-15-9-10-19-14-4-2-1-3-13(14)15/h1-10H,(H2,18,22)(H2,19,20,21,23). The number of carbonyl (C=O) groups is 2. The van der Waals surface area contributed by atoms with Gasteiger partial charge in [-0.15, -0.1) is 0 Å². The Kier molecular flexibility index (Phi) is 3.88. The molecule has 0 unspecified atom stereocenters. The third kappa shape index (κ3) is 3.26. The lowest BCUT2D eigenvalue weighted by Gasteiger charge is -2.10. The minimum absolute atomic E-state index is 0.381. The lowest BCUT2D eigenvalue weighted by molar-refractivity contribution is 0.100. The van der Waals surface area contributed by atoms with E-state index in [-0.39, 0.29) is 6.03 Å². The molecule has 0 bridgehead atoms. The number of primary amides is 1. The molecule has 4 N–H and O–H groups in total. The monoisotopic (exact) mass is 306 g/mol. The lowest BCUT2D eigenvalue weighted by atomic mass is 10.2. The van der Waals surface area contributed by atoms with Gasteiger partial charge < -0.3 is 16.4 Å². The van der Waals surface area contributed by atoms with Crippen LogP contribution in [0, 0.1) is 0 Å². The Balaban J connectivity index is 1.75. The molecule has 3 amide bonds. The van der Waals surface area contributed by atoms with Crippen LogP contribution in [0.2, 0.25) is 0 Å². The third-order valence-electron chi connectivity index (χ3n) is 3.32. The SMILES string of the molecule is NC(=O)c1ccc(NC(=O)Nc2ccnc3ccccc23)cc1. The van der Waals surface area contributed by atoms with Gasteiger partial charge in [-0.3, -0.25) is 9.78 Å². The molecule has 0 saturated carbocycles. The van der Waals surface area contributed by atoms with Crippen LogP contribution in [0.15, 0.2) is 60.8 Å². The number of hydrogen-bond acceptors (Lipinski definition) is 3. The van der Waals surface area contributed by atoms with Crippen LogP contribution in [-0.4, -0.2) is 16.9 Å². The number of nitrogens with two attached hydrogens (primary N) is 1. The summed E-state index contributed by atoms with van der Waals surface area (Å²) in [6.45, 7) is 0. The number of urea groups is 1. The first-order chi connectivity index (χ1) is 11.1. The largest absolute Gasteiger partial charge is 0.366 e. The van der Waals surface area contributed by atoms with Crippen molar-refractivity contribution in [1.82, 2.24) is 4.98 Å². The highest BCUT2D eigenvalue weighted by atomic mass is 16.2. The summed E-state index contributed by atoms with van der Waals surface area (Å²) in [6, 6.07) is 15.2. The minimum atomic E-state index is -0.510. The van der Waals surface area contributed by atoms with Crippen molar-refractivity contribution in [2.24, 2.45) is 5.73 Å². The molecule has 0 fully saturated rings. The Labute approximate surface area is 132 Å². The summed E-state index contributed by atoms with van der Waals surface area (Å²) in [5.74, 6) is -0.510. The number of fused-ring (bicyclic) bond motifs is 1. The van der Waals surface area contributed by atoms with Crippen molar-refractivity contribution >= 4 is 34.2 Å². The first-order valence-corrected chi connectivity index (χ1v) is 6.95. The summed E-state index contributed by atoms with van der Waals surface area (Å²) < 4.78 is 0. The van der Waals surface area contributed by atoms with E-state index >= 15 is 0 Å². The van der Waals surface area contributed by atoms with Gasteiger partial charge in [0, 0.05) is 22.8 Å². The number of nitrogens with one attached hydrogen (secondary N) is 2. The third-order valence-corrected chi connectivity index (χ3v) is 3.32. The van der Waals surface area contributed by atoms with E-state index in [9.17, 15) is 9.59 Å². The molecule has 0 saturated heterocycles. The van der Waals surface area contributed by atoms with Crippen molar-refractivity contribution in [2.75, 3.05) is 10.6 Å². The van der Waals surface area contributed by atoms with Crippen LogP contribution in [-0.2, 0) is 0 Å². The Morgan fingerprint density at radius 1 is 0.913 bits per heavy atom. The van der Waals surface area contributed by atoms with E-state index in [1.807, 2.05) is 24.3 Å². The summed E-state index contributed by atoms with van der Waals surface area (Å²) in [4.78, 5) is 27.4. The zero-order valence-corrected chi connectivity index (χ0v) is 12.1. The number of anilines is 2. The summed E-state index contributed by atoms with van der Waals surface area (Å²) in [6.07, 6.45) is 1.64. The summed E-state index contributed by atoms with van der Waals surface area (Å²) in [7, 11) is 0. The maximum Gasteiger partial charge on any atom is 0.323 e. The van der Waals surface area contributed by atoms with Crippen molar-refractivity contribution < 1.29 is 9.59 Å². The average molecular weight is 306 g/mol. The molecule has 23 heavy (non-hydrogen) atoms. The van der Waals surface area contributed by atoms with Crippen LogP contribution in [0.3, 0.4) is 0 Å². The van der Waals surface area contributed by atoms with E-state index in [1.165, 1.54) is 0 Å². The second-order valence-electron chi connectivity index (χ2n) is 4.90. The van der Waals surface area contributed by atoms with E-state index in [2.05, 4.69) is 15.6 Å². The fraction of sp³-hybridized carbons (Fsp3) is 0. The molecule has 0 radical (unpaired) electrons. The number of carbonyl (C=O) groups excluding carboxylic acids is 2. The predicted molar refractivity (Wildman–Crippen MR) is 89.3 cm³/mol. The number of benzene rings is 2. The van der Waals surface area contributed by atoms with Crippen LogP contribution in [0.4, 0.5) is 16.2 Å². The van der Waals surface area contributed by atoms with E-state index in [4.69, 9.17) is 5.73 Å². The van der Waals surface area contributed by atoms with Crippen molar-refractivity contribution in [2.45, 2.75) is 0 Å². The minimum Gasteiger partial charge on any atom is -0.366 e. The number of rotatable bonds is 3. The summed E-state index contributed by atoms with van der Waals surface area (Å²) in [5.41, 5.74) is 7.59. The molecule has 6 heteroatoms. The molecule has 114 valence electrons. The smallest absolute Gasteiger partial charge is 0.323 e. The van der Waals surface area contributed by atoms with Gasteiger partial charge in [-0.1, -0.05) is 18.2 Å². The van der Waals surface area contributed by atoms with Crippen LogP contribution in [0.25, 0.3) is 10.9 Å². The van der Waals surface area contributed by atoms with E-state index in [0.29, 0.717) is 16.9 Å². The Morgan fingerprint density at radius 3 is 2.39 bits per heavy atom. The maximum absolute atomic E-state index is 12.1. The number of pyridine rings is 1. The first-order valence-electron chi connectivity index (χ1n) is 6.95. The zero-order valence-electron chi connectivity index (χ0n) is 12.1. The second kappa shape index (κ2) is 6.15. The molecule has 1 heterocycles. The van der Waals surface area contributed by atoms with Crippen LogP contribution < -0.4 is 16.4 Å². The lowest BCUT2D eigenvalue weighted by Crippen LogP contribution is -2.19. The molecule has 0 spiro atoms. The Bertz CT molecular complexity index is 870. The summed E-state index contributed by atoms with van der Waals surface area (Å²) >= 11 is 0. The average Bonchev–Trinajstić information content (AvgIpc) is 2.55. The van der Waals surface area contributed by atoms with Crippen LogP contribution in [0.5, 0.6) is 0 Å². The molecular formula is C17H14N4O2. The van der Waals surface area contributed by atoms with Gasteiger partial charge in [0.1, 0.15) is 0 Å². The molecule has 1 aromatic heterocycles. The normalized spacial score (nSPS) is 10.3. The van der Waals surface area contributed by atoms with Crippen molar-refractivity contribution in [3.8, 4) is 0 Å². The van der Waals surface area contributed by atoms with E-state index in [0.717, 1.165) is 10.9 Å². The van der Waals surface area contributed by atoms with Gasteiger partial charge in [0.15, 0.2) is 0 Å². The van der Waals surface area contributed by atoms with Gasteiger partial charge in [0.2, 0.25) is 5.91 Å². The fourth-order valence-electron chi connectivity index (χ4n) is 2.21. The quantitative estimate of drug-likeness (QED) is 0.694. The van der Waals surface area contributed by atoms with Gasteiger partial charge in [-0.05, 0) is 36.4 Å². The van der Waals surface area contributed by atoms with Crippen LogP contribution >= 0.6 is 0 Å². The highest BCUT2D eigenvalue weighted by Crippen LogP contribution is 2.21. The number of hydrogen-bond donors (Lipinski definition) is 3. The first kappa shape index (κ1) is 14.5. The highest BCUT2D eigenvalue weighted by Gasteiger charge is 2.07. The number of amides is 3. The van der Waals surface area contributed by atoms with E-state index < -0.39 is 5.91 Å². The van der Waals surface area contributed by atoms with E-state index in [1.54, 1.807) is 36.5 Å². The highest BCUT2D eigenvalue weighted by molar-refractivity contribution is 6.05. The van der Waals surface area contributed by atoms with Crippen molar-refractivity contribution in [3.05, 3.63) is 66.4 Å². The molecule has 3 rings (SSSR count).